The van der Waals surface area contributed by atoms with Crippen molar-refractivity contribution < 1.29 is 4.74 Å². The Bertz CT molecular complexity index is 583. The molecule has 2 nitrogen and oxygen atoms in total. The fourth-order valence-corrected chi connectivity index (χ4v) is 2.28. The normalized spacial score (nSPS) is 11.9. The average Bonchev–Trinajstić information content (AvgIpc) is 2.50. The zero-order chi connectivity index (χ0) is 15.1. The molecule has 1 N–H and O–H groups in total. The summed E-state index contributed by atoms with van der Waals surface area (Å²) in [6.07, 6.45) is 1.87. The summed E-state index contributed by atoms with van der Waals surface area (Å²) >= 11 is 6.32. The predicted molar refractivity (Wildman–Crippen MR) is 90.0 cm³/mol. The third kappa shape index (κ3) is 4.62. The summed E-state index contributed by atoms with van der Waals surface area (Å²) in [6, 6.07) is 16.1. The summed E-state index contributed by atoms with van der Waals surface area (Å²) in [4.78, 5) is 0. The van der Waals surface area contributed by atoms with Crippen LogP contribution in [0.1, 0.15) is 6.92 Å². The molecule has 0 heterocycles. The zero-order valence-corrected chi connectivity index (χ0v) is 12.9. The lowest BCUT2D eigenvalue weighted by atomic mass is 10.1. The number of benzene rings is 2. The van der Waals surface area contributed by atoms with Gasteiger partial charge in [-0.2, -0.15) is 0 Å². The lowest BCUT2D eigenvalue weighted by Crippen LogP contribution is -2.29. The Morgan fingerprint density at radius 2 is 1.95 bits per heavy atom. The number of halogens is 1. The fraction of sp³-hybridized carbons (Fsp3) is 0.222. The van der Waals surface area contributed by atoms with E-state index in [1.807, 2.05) is 49.4 Å². The largest absolute Gasteiger partial charge is 0.488 e. The molecule has 2 aromatic carbocycles. The highest BCUT2D eigenvalue weighted by Crippen LogP contribution is 2.30. The van der Waals surface area contributed by atoms with Gasteiger partial charge in [0.05, 0.1) is 5.02 Å². The lowest BCUT2D eigenvalue weighted by molar-refractivity contribution is 0.219. The van der Waals surface area contributed by atoms with Crippen molar-refractivity contribution in [1.82, 2.24) is 5.32 Å². The first kappa shape index (κ1) is 15.6. The van der Waals surface area contributed by atoms with Gasteiger partial charge >= 0.3 is 0 Å². The van der Waals surface area contributed by atoms with E-state index in [-0.39, 0.29) is 6.10 Å². The van der Waals surface area contributed by atoms with E-state index >= 15 is 0 Å². The van der Waals surface area contributed by atoms with Crippen LogP contribution in [-0.4, -0.2) is 19.2 Å². The third-order valence-corrected chi connectivity index (χ3v) is 3.38. The molecule has 0 aromatic heterocycles. The first-order valence-electron chi connectivity index (χ1n) is 7.04. The van der Waals surface area contributed by atoms with Gasteiger partial charge in [-0.15, -0.1) is 6.58 Å². The molecule has 0 fully saturated rings. The Morgan fingerprint density at radius 1 is 1.19 bits per heavy atom. The van der Waals surface area contributed by atoms with Gasteiger partial charge < -0.3 is 10.1 Å². The lowest BCUT2D eigenvalue weighted by Gasteiger charge is -2.16. The highest BCUT2D eigenvalue weighted by Gasteiger charge is 2.08. The van der Waals surface area contributed by atoms with Crippen LogP contribution in [0.4, 0.5) is 0 Å². The van der Waals surface area contributed by atoms with Gasteiger partial charge in [0.1, 0.15) is 11.9 Å². The van der Waals surface area contributed by atoms with Gasteiger partial charge in [-0.3, -0.25) is 0 Å². The van der Waals surface area contributed by atoms with E-state index in [2.05, 4.69) is 24.0 Å². The summed E-state index contributed by atoms with van der Waals surface area (Å²) in [5, 5.41) is 3.86. The number of hydrogen-bond acceptors (Lipinski definition) is 2. The standard InChI is InChI=1S/C18H20ClNO/c1-3-11-20-13-14(2)21-18-10-9-16(12-17(18)19)15-7-5-4-6-8-15/h3-10,12,14,20H,1,11,13H2,2H3. The second kappa shape index (κ2) is 7.87. The van der Waals surface area contributed by atoms with E-state index in [1.54, 1.807) is 0 Å². The quantitative estimate of drug-likeness (QED) is 0.598. The first-order chi connectivity index (χ1) is 10.2. The molecule has 1 unspecified atom stereocenters. The van der Waals surface area contributed by atoms with Crippen molar-refractivity contribution in [3.05, 3.63) is 66.2 Å². The monoisotopic (exact) mass is 301 g/mol. The van der Waals surface area contributed by atoms with Gasteiger partial charge in [-0.1, -0.05) is 54.1 Å². The Balaban J connectivity index is 2.04. The molecular formula is C18H20ClNO. The van der Waals surface area contributed by atoms with Gasteiger partial charge in [-0.25, -0.2) is 0 Å². The second-order valence-electron chi connectivity index (χ2n) is 4.89. The molecule has 0 spiro atoms. The maximum Gasteiger partial charge on any atom is 0.138 e. The second-order valence-corrected chi connectivity index (χ2v) is 5.29. The summed E-state index contributed by atoms with van der Waals surface area (Å²) < 4.78 is 5.85. The van der Waals surface area contributed by atoms with Crippen LogP contribution in [0, 0.1) is 0 Å². The van der Waals surface area contributed by atoms with Crippen LogP contribution in [0.5, 0.6) is 5.75 Å². The predicted octanol–water partition coefficient (Wildman–Crippen LogP) is 4.55. The van der Waals surface area contributed by atoms with Crippen molar-refractivity contribution in [2.24, 2.45) is 0 Å². The van der Waals surface area contributed by atoms with Crippen molar-refractivity contribution in [3.63, 3.8) is 0 Å². The highest BCUT2D eigenvalue weighted by atomic mass is 35.5. The average molecular weight is 302 g/mol. The SMILES string of the molecule is C=CCNCC(C)Oc1ccc(-c2ccccc2)cc1Cl. The molecule has 3 heteroatoms. The van der Waals surface area contributed by atoms with E-state index in [0.717, 1.165) is 24.2 Å². The third-order valence-electron chi connectivity index (χ3n) is 3.09. The smallest absolute Gasteiger partial charge is 0.138 e. The molecular weight excluding hydrogens is 282 g/mol. The van der Waals surface area contributed by atoms with Gasteiger partial charge in [0.25, 0.3) is 0 Å². The van der Waals surface area contributed by atoms with Crippen LogP contribution >= 0.6 is 11.6 Å². The van der Waals surface area contributed by atoms with E-state index in [9.17, 15) is 0 Å². The van der Waals surface area contributed by atoms with Crippen LogP contribution in [0.25, 0.3) is 11.1 Å². The summed E-state index contributed by atoms with van der Waals surface area (Å²) in [7, 11) is 0. The van der Waals surface area contributed by atoms with E-state index in [1.165, 1.54) is 0 Å². The van der Waals surface area contributed by atoms with Crippen molar-refractivity contribution in [1.29, 1.82) is 0 Å². The molecule has 0 radical (unpaired) electrons. The Kier molecular flexibility index (Phi) is 5.85. The topological polar surface area (TPSA) is 21.3 Å². The molecule has 2 rings (SSSR count). The molecule has 2 aromatic rings. The van der Waals surface area contributed by atoms with Crippen molar-refractivity contribution in [2.75, 3.05) is 13.1 Å². The van der Waals surface area contributed by atoms with Crippen molar-refractivity contribution >= 4 is 11.6 Å². The molecule has 0 saturated heterocycles. The fourth-order valence-electron chi connectivity index (χ4n) is 2.05. The van der Waals surface area contributed by atoms with Crippen LogP contribution in [0.3, 0.4) is 0 Å². The van der Waals surface area contributed by atoms with Gasteiger partial charge in [0, 0.05) is 13.1 Å². The highest BCUT2D eigenvalue weighted by molar-refractivity contribution is 6.32. The number of ether oxygens (including phenoxy) is 1. The molecule has 0 aliphatic carbocycles. The molecule has 0 amide bonds. The molecule has 21 heavy (non-hydrogen) atoms. The van der Waals surface area contributed by atoms with E-state index < -0.39 is 0 Å². The maximum atomic E-state index is 6.32. The molecule has 110 valence electrons. The van der Waals surface area contributed by atoms with E-state index in [4.69, 9.17) is 16.3 Å². The minimum atomic E-state index is 0.0463. The summed E-state index contributed by atoms with van der Waals surface area (Å²) in [5.74, 6) is 0.712. The Labute approximate surface area is 131 Å². The number of rotatable bonds is 7. The summed E-state index contributed by atoms with van der Waals surface area (Å²) in [5.41, 5.74) is 2.23. The maximum absolute atomic E-state index is 6.32. The molecule has 0 aliphatic rings. The minimum absolute atomic E-state index is 0.0463. The number of hydrogen-bond donors (Lipinski definition) is 1. The molecule has 0 aliphatic heterocycles. The van der Waals surface area contributed by atoms with E-state index in [0.29, 0.717) is 10.8 Å². The van der Waals surface area contributed by atoms with Crippen molar-refractivity contribution in [2.45, 2.75) is 13.0 Å². The first-order valence-corrected chi connectivity index (χ1v) is 7.41. The van der Waals surface area contributed by atoms with Gasteiger partial charge in [-0.05, 0) is 30.2 Å². The van der Waals surface area contributed by atoms with Crippen LogP contribution in [0.15, 0.2) is 61.2 Å². The molecule has 0 saturated carbocycles. The minimum Gasteiger partial charge on any atom is -0.488 e. The zero-order valence-electron chi connectivity index (χ0n) is 12.2. The van der Waals surface area contributed by atoms with Gasteiger partial charge in [0.2, 0.25) is 0 Å². The van der Waals surface area contributed by atoms with Crippen LogP contribution in [0.2, 0.25) is 5.02 Å². The Hall–Kier alpha value is -1.77. The van der Waals surface area contributed by atoms with Crippen molar-refractivity contribution in [3.8, 4) is 16.9 Å². The Morgan fingerprint density at radius 3 is 2.62 bits per heavy atom. The molecule has 0 bridgehead atoms. The number of nitrogens with one attached hydrogen (secondary N) is 1. The molecule has 1 atom stereocenters. The summed E-state index contributed by atoms with van der Waals surface area (Å²) in [6.45, 7) is 7.21. The van der Waals surface area contributed by atoms with Crippen LogP contribution in [-0.2, 0) is 0 Å². The van der Waals surface area contributed by atoms with Gasteiger partial charge in [0.15, 0.2) is 0 Å². The van der Waals surface area contributed by atoms with Crippen LogP contribution < -0.4 is 10.1 Å².